The molecule has 28 heteroatoms. The minimum absolute atomic E-state index is 0.0582. The van der Waals surface area contributed by atoms with Crippen molar-refractivity contribution in [1.29, 1.82) is 0 Å². The number of hydrogen-bond acceptors (Lipinski definition) is 25. The van der Waals surface area contributed by atoms with Crippen LogP contribution in [-0.4, -0.2) is 253 Å². The Morgan fingerprint density at radius 3 is 1.46 bits per heavy atom. The van der Waals surface area contributed by atoms with E-state index < -0.39 is 29.3 Å². The van der Waals surface area contributed by atoms with E-state index in [2.05, 4.69) is 93.9 Å². The Morgan fingerprint density at radius 1 is 0.398 bits per heavy atom. The fourth-order valence-corrected chi connectivity index (χ4v) is 23.0. The van der Waals surface area contributed by atoms with Crippen LogP contribution in [0, 0.1) is 16.2 Å². The van der Waals surface area contributed by atoms with Gasteiger partial charge in [0.2, 0.25) is 0 Å². The quantitative estimate of drug-likeness (QED) is 0.0347. The first-order chi connectivity index (χ1) is 60.0. The number of piperazine rings is 3. The Balaban J connectivity index is 0.546. The highest BCUT2D eigenvalue weighted by atomic mass is 19.1. The van der Waals surface area contributed by atoms with Gasteiger partial charge in [0.1, 0.15) is 52.9 Å². The second kappa shape index (κ2) is 29.7. The Bertz CT molecular complexity index is 6200. The topological polar surface area (TPSA) is 273 Å². The SMILES string of the molecule is Oc1cc(-c2cnc3c(N4CC5CCC(C4)N5)nc(OCC4(CN5CC[C@@H](F)C5)CC4c4cccc5c(-c6ccc7c(N8CC9CCC(C8)N9)nc(OCC8(CN9CC[C@@H](F)C9)CC8c8cccc9c(-c%10ncc%11c(N%12CC%13CCC(C%12)N%13)nc(OCC%12(CN%13CC[C@@H](F)C%13)CC%12)nc%11n%10)cc(O)cc89)nc7n6)cc(O)cc45)nc3c2)c2ccccc2c1. The number of benzene rings is 6. The van der Waals surface area contributed by atoms with Gasteiger partial charge in [0.15, 0.2) is 22.9 Å². The van der Waals surface area contributed by atoms with Gasteiger partial charge in [0.05, 0.1) is 41.8 Å². The number of nitrogens with one attached hydrogen (secondary N) is 3. The molecule has 24 rings (SSSR count). The fraction of sp³-hybridized carbons (Fsp3) is 0.474. The Morgan fingerprint density at radius 2 is 0.886 bits per heavy atom. The molecular formula is C95H100F3N19O6. The van der Waals surface area contributed by atoms with Gasteiger partial charge in [-0.25, -0.2) is 28.1 Å². The highest BCUT2D eigenvalue weighted by Gasteiger charge is 2.59. The third kappa shape index (κ3) is 14.3. The number of phenolic OH excluding ortho intramolecular Hbond substituents is 3. The number of alkyl halides is 3. The molecule has 0 spiro atoms. The number of aromatic nitrogens is 10. The molecule has 9 saturated heterocycles. The van der Waals surface area contributed by atoms with Crippen LogP contribution in [0.4, 0.5) is 30.6 Å². The number of ether oxygens (including phenoxy) is 3. The smallest absolute Gasteiger partial charge is 0.320 e. The number of nitrogens with zero attached hydrogens (tertiary/aromatic N) is 16. The highest BCUT2D eigenvalue weighted by molar-refractivity contribution is 6.03. The average molecular weight is 1660 g/mol. The minimum Gasteiger partial charge on any atom is -0.508 e. The average Bonchev–Trinajstić information content (AvgIpc) is 1.56. The van der Waals surface area contributed by atoms with E-state index >= 15 is 8.78 Å². The summed E-state index contributed by atoms with van der Waals surface area (Å²) in [5, 5.41) is 53.2. The number of rotatable bonds is 23. The first-order valence-electron chi connectivity index (χ1n) is 44.7. The minimum atomic E-state index is -0.944. The molecule has 0 amide bonds. The molecule has 632 valence electrons. The maximum Gasteiger partial charge on any atom is 0.320 e. The third-order valence-electron chi connectivity index (χ3n) is 29.5. The predicted octanol–water partition coefficient (Wildman–Crippen LogP) is 12.9. The summed E-state index contributed by atoms with van der Waals surface area (Å²) in [4.78, 5) is 65.7. The van der Waals surface area contributed by atoms with Gasteiger partial charge in [-0.1, -0.05) is 60.7 Å². The Hall–Kier alpha value is -10.8. The molecule has 6 aromatic heterocycles. The molecule has 6 aromatic carbocycles. The van der Waals surface area contributed by atoms with E-state index in [0.29, 0.717) is 147 Å². The Kier molecular flexibility index (Phi) is 18.4. The van der Waals surface area contributed by atoms with E-state index in [-0.39, 0.29) is 77.8 Å². The molecule has 6 N–H and O–H groups in total. The van der Waals surface area contributed by atoms with Gasteiger partial charge < -0.3 is 60.2 Å². The summed E-state index contributed by atoms with van der Waals surface area (Å²) in [6, 6.07) is 40.0. The number of aromatic hydroxyl groups is 3. The van der Waals surface area contributed by atoms with Crippen LogP contribution in [-0.2, 0) is 0 Å². The lowest BCUT2D eigenvalue weighted by atomic mass is 9.92. The zero-order valence-corrected chi connectivity index (χ0v) is 68.8. The lowest BCUT2D eigenvalue weighted by molar-refractivity contribution is 0.160. The fourth-order valence-electron chi connectivity index (χ4n) is 23.0. The molecule has 123 heavy (non-hydrogen) atoms. The molecule has 0 radical (unpaired) electrons. The molecule has 13 atom stereocenters. The van der Waals surface area contributed by atoms with E-state index in [1.807, 2.05) is 54.9 Å². The number of phenols is 3. The maximum absolute atomic E-state index is 15.4. The van der Waals surface area contributed by atoms with E-state index in [9.17, 15) is 19.7 Å². The number of fused-ring (bicyclic) bond motifs is 12. The zero-order chi connectivity index (χ0) is 82.1. The largest absolute Gasteiger partial charge is 0.508 e. The molecular weight excluding hydrogens is 1560 g/mol. The van der Waals surface area contributed by atoms with Gasteiger partial charge in [-0.3, -0.25) is 19.7 Å². The van der Waals surface area contributed by atoms with E-state index in [4.69, 9.17) is 64.1 Å². The van der Waals surface area contributed by atoms with Crippen LogP contribution in [0.3, 0.4) is 0 Å². The number of likely N-dealkylation sites (tertiary alicyclic amines) is 3. The van der Waals surface area contributed by atoms with Crippen LogP contribution in [0.2, 0.25) is 0 Å². The molecule has 12 aromatic rings. The third-order valence-corrected chi connectivity index (χ3v) is 29.5. The maximum atomic E-state index is 15.4. The number of pyridine rings is 2. The van der Waals surface area contributed by atoms with Gasteiger partial charge >= 0.3 is 18.0 Å². The predicted molar refractivity (Wildman–Crippen MR) is 466 cm³/mol. The number of halogens is 3. The molecule has 6 bridgehead atoms. The van der Waals surface area contributed by atoms with Crippen LogP contribution in [0.5, 0.6) is 35.3 Å². The lowest BCUT2D eigenvalue weighted by Gasteiger charge is -2.34. The van der Waals surface area contributed by atoms with Crippen molar-refractivity contribution in [3.63, 3.8) is 0 Å². The van der Waals surface area contributed by atoms with E-state index in [1.165, 1.54) is 0 Å². The van der Waals surface area contributed by atoms with Gasteiger partial charge in [0.25, 0.3) is 0 Å². The normalized spacial score (nSPS) is 28.4. The van der Waals surface area contributed by atoms with Crippen molar-refractivity contribution in [1.82, 2.24) is 80.5 Å². The van der Waals surface area contributed by atoms with Gasteiger partial charge in [0, 0.05) is 180 Å². The van der Waals surface area contributed by atoms with Crippen molar-refractivity contribution in [2.45, 2.75) is 150 Å². The van der Waals surface area contributed by atoms with Gasteiger partial charge in [-0.15, -0.1) is 0 Å². The van der Waals surface area contributed by atoms with Crippen molar-refractivity contribution in [3.8, 4) is 69.1 Å². The first-order valence-corrected chi connectivity index (χ1v) is 44.7. The summed E-state index contributed by atoms with van der Waals surface area (Å²) in [6.45, 7) is 10.5. The summed E-state index contributed by atoms with van der Waals surface area (Å²) < 4.78 is 65.9. The molecule has 3 saturated carbocycles. The van der Waals surface area contributed by atoms with Crippen molar-refractivity contribution < 1.29 is 42.7 Å². The second-order valence-electron chi connectivity index (χ2n) is 38.3. The van der Waals surface area contributed by atoms with E-state index in [0.717, 1.165) is 193 Å². The summed E-state index contributed by atoms with van der Waals surface area (Å²) in [5.41, 5.74) is 6.77. The highest BCUT2D eigenvalue weighted by Crippen LogP contribution is 2.63. The van der Waals surface area contributed by atoms with E-state index in [1.54, 1.807) is 24.3 Å². The molecule has 25 nitrogen and oxygen atoms in total. The summed E-state index contributed by atoms with van der Waals surface area (Å²) in [6.07, 6.45) is 12.4. The molecule has 15 heterocycles. The van der Waals surface area contributed by atoms with Crippen molar-refractivity contribution in [2.75, 3.05) is 133 Å². The van der Waals surface area contributed by atoms with Crippen molar-refractivity contribution >= 4 is 82.9 Å². The van der Waals surface area contributed by atoms with Crippen LogP contribution < -0.4 is 44.9 Å². The zero-order valence-electron chi connectivity index (χ0n) is 68.8. The number of hydrogen-bond donors (Lipinski definition) is 6. The molecule has 10 unspecified atom stereocenters. The summed E-state index contributed by atoms with van der Waals surface area (Å²) >= 11 is 0. The first kappa shape index (κ1) is 75.9. The van der Waals surface area contributed by atoms with Crippen molar-refractivity contribution in [2.24, 2.45) is 16.2 Å². The van der Waals surface area contributed by atoms with Crippen LogP contribution in [0.25, 0.3) is 99.2 Å². The second-order valence-corrected chi connectivity index (χ2v) is 38.3. The molecule has 3 aliphatic carbocycles. The monoisotopic (exact) mass is 1660 g/mol. The van der Waals surface area contributed by atoms with Gasteiger partial charge in [-0.2, -0.15) is 29.9 Å². The lowest BCUT2D eigenvalue weighted by Crippen LogP contribution is -2.51. The molecule has 12 aliphatic rings. The molecule has 9 aliphatic heterocycles. The van der Waals surface area contributed by atoms with Crippen LogP contribution >= 0.6 is 0 Å². The molecule has 12 fully saturated rings. The van der Waals surface area contributed by atoms with Crippen molar-refractivity contribution in [3.05, 3.63) is 139 Å². The Labute approximate surface area is 709 Å². The summed E-state index contributed by atoms with van der Waals surface area (Å²) in [5.74, 6) is 2.75. The van der Waals surface area contributed by atoms with Gasteiger partial charge in [-0.05, 0) is 199 Å². The number of anilines is 3. The summed E-state index contributed by atoms with van der Waals surface area (Å²) in [7, 11) is 0. The standard InChI is InChI=1S/C95H100F3N19O6/c96-55-19-24-112(38-55)47-93(22-23-93)50-121-91-108-86-78(88(110-91)116-43-60-13-14-61(44-116)102-60)37-100-84(106-86)77-33-66(120)31-75-69(77)8-4-10-71(75)80-35-95(80,49-114-26-21-57(98)40-114)52-123-92-107-85-72(87(109-92)115-41-58-11-12-59(42-115)101-58)17-18-81(104-85)76-32-65(119)30-74-68(76)7-3-9-70(74)79-34-94(79,48-113-25-20-56(97)39-113)51-122-90-105-82-28-54(73-29-64(118)27-53-5-1-2-6-67(53)73)36-99-83(82)89(111-90)117-45-62-15-16-63(46-117)103-62/h1-10,17-18,27-33,36-37,55-63,79-80,101-103,118-120H,11-16,19-26,34-35,38-52H2/t55-,56-,57-,58?,59?,60?,61?,62?,63?,79?,80?,94?,95?/m1/s1. The van der Waals surface area contributed by atoms with Crippen LogP contribution in [0.15, 0.2) is 128 Å². The van der Waals surface area contributed by atoms with Crippen LogP contribution in [0.1, 0.15) is 106 Å².